The molecule has 2 rings (SSSR count). The van der Waals surface area contributed by atoms with Gasteiger partial charge in [0.2, 0.25) is 5.69 Å². The van der Waals surface area contributed by atoms with E-state index in [1.807, 2.05) is 49.4 Å². The van der Waals surface area contributed by atoms with Crippen molar-refractivity contribution in [3.63, 3.8) is 0 Å². The summed E-state index contributed by atoms with van der Waals surface area (Å²) < 4.78 is 0.884. The van der Waals surface area contributed by atoms with E-state index in [9.17, 15) is 5.21 Å². The van der Waals surface area contributed by atoms with Crippen LogP contribution in [0.25, 0.3) is 0 Å². The quantitative estimate of drug-likeness (QED) is 0.324. The van der Waals surface area contributed by atoms with E-state index in [0.29, 0.717) is 5.69 Å². The minimum absolute atomic E-state index is 0.643. The Morgan fingerprint density at radius 2 is 1.75 bits per heavy atom. The van der Waals surface area contributed by atoms with E-state index in [1.165, 1.54) is 0 Å². The molecule has 80 valence electrons. The van der Waals surface area contributed by atoms with Gasteiger partial charge in [0.05, 0.1) is 0 Å². The zero-order chi connectivity index (χ0) is 11.4. The maximum absolute atomic E-state index is 11.8. The molecule has 0 atom stereocenters. The van der Waals surface area contributed by atoms with E-state index in [2.05, 4.69) is 0 Å². The summed E-state index contributed by atoms with van der Waals surface area (Å²) in [6.07, 6.45) is 1.59. The molecular weight excluding hydrogens is 198 g/mol. The summed E-state index contributed by atoms with van der Waals surface area (Å²) >= 11 is 0. The first-order valence-corrected chi connectivity index (χ1v) is 5.19. The minimum atomic E-state index is 0.643. The van der Waals surface area contributed by atoms with Crippen LogP contribution in [0.4, 0.5) is 5.69 Å². The van der Waals surface area contributed by atoms with Crippen molar-refractivity contribution in [2.45, 2.75) is 6.92 Å². The van der Waals surface area contributed by atoms with Crippen molar-refractivity contribution >= 4 is 11.9 Å². The third kappa shape index (κ3) is 2.48. The van der Waals surface area contributed by atoms with Crippen molar-refractivity contribution < 1.29 is 4.74 Å². The zero-order valence-electron chi connectivity index (χ0n) is 9.13. The summed E-state index contributed by atoms with van der Waals surface area (Å²) in [6.45, 7) is 2.01. The van der Waals surface area contributed by atoms with Crippen molar-refractivity contribution in [2.75, 3.05) is 0 Å². The molecule has 0 aromatic heterocycles. The summed E-state index contributed by atoms with van der Waals surface area (Å²) in [4.78, 5) is 0. The van der Waals surface area contributed by atoms with E-state index in [-0.39, 0.29) is 0 Å². The first kappa shape index (κ1) is 10.4. The fraction of sp³-hybridized carbons (Fsp3) is 0.0714. The first-order valence-electron chi connectivity index (χ1n) is 5.19. The Bertz CT molecular complexity index is 503. The van der Waals surface area contributed by atoms with Crippen molar-refractivity contribution in [1.29, 1.82) is 0 Å². The molecule has 0 fully saturated rings. The Kier molecular flexibility index (Phi) is 3.01. The van der Waals surface area contributed by atoms with Gasteiger partial charge in [-0.15, -0.1) is 0 Å². The fourth-order valence-corrected chi connectivity index (χ4v) is 1.54. The van der Waals surface area contributed by atoms with Gasteiger partial charge in [0.1, 0.15) is 0 Å². The molecule has 2 aromatic rings. The van der Waals surface area contributed by atoms with Crippen molar-refractivity contribution in [2.24, 2.45) is 0 Å². The minimum Gasteiger partial charge on any atom is -0.618 e. The van der Waals surface area contributed by atoms with E-state index < -0.39 is 0 Å². The normalized spacial score (nSPS) is 11.4. The third-order valence-corrected chi connectivity index (χ3v) is 2.32. The second kappa shape index (κ2) is 4.62. The van der Waals surface area contributed by atoms with E-state index in [4.69, 9.17) is 0 Å². The SMILES string of the molecule is Cc1cccc(/C=[N+](\[O-])c2ccccc2)c1. The molecule has 0 heterocycles. The molecule has 0 aliphatic heterocycles. The lowest BCUT2D eigenvalue weighted by atomic mass is 10.1. The summed E-state index contributed by atoms with van der Waals surface area (Å²) in [7, 11) is 0. The number of para-hydroxylation sites is 1. The average Bonchev–Trinajstić information content (AvgIpc) is 2.30. The molecule has 0 saturated heterocycles. The molecule has 2 heteroatoms. The average molecular weight is 211 g/mol. The monoisotopic (exact) mass is 211 g/mol. The van der Waals surface area contributed by atoms with E-state index in [0.717, 1.165) is 15.9 Å². The second-order valence-electron chi connectivity index (χ2n) is 3.70. The van der Waals surface area contributed by atoms with Crippen LogP contribution in [0, 0.1) is 12.1 Å². The maximum Gasteiger partial charge on any atom is 0.216 e. The standard InChI is InChI=1S/C14H13NO/c1-12-6-5-7-13(10-12)11-15(16)14-8-3-2-4-9-14/h2-11H,1H3/b15-11-. The Morgan fingerprint density at radius 1 is 1.00 bits per heavy atom. The number of hydrogen-bond acceptors (Lipinski definition) is 1. The highest BCUT2D eigenvalue weighted by atomic mass is 16.5. The molecule has 2 nitrogen and oxygen atoms in total. The lowest BCUT2D eigenvalue weighted by Gasteiger charge is -2.02. The third-order valence-electron chi connectivity index (χ3n) is 2.32. The Balaban J connectivity index is 2.32. The predicted octanol–water partition coefficient (Wildman–Crippen LogP) is 3.26. The molecule has 0 unspecified atom stereocenters. The van der Waals surface area contributed by atoms with Crippen LogP contribution >= 0.6 is 0 Å². The smallest absolute Gasteiger partial charge is 0.216 e. The molecule has 0 saturated carbocycles. The van der Waals surface area contributed by atoms with Gasteiger partial charge in [0.25, 0.3) is 0 Å². The molecule has 2 aromatic carbocycles. The summed E-state index contributed by atoms with van der Waals surface area (Å²) in [5.74, 6) is 0. The molecule has 0 radical (unpaired) electrons. The van der Waals surface area contributed by atoms with Crippen molar-refractivity contribution in [3.8, 4) is 0 Å². The van der Waals surface area contributed by atoms with Crippen LogP contribution < -0.4 is 0 Å². The highest BCUT2D eigenvalue weighted by Gasteiger charge is 1.99. The first-order chi connectivity index (χ1) is 7.75. The van der Waals surface area contributed by atoms with Gasteiger partial charge in [-0.05, 0) is 19.1 Å². The van der Waals surface area contributed by atoms with Crippen LogP contribution in [0.15, 0.2) is 54.6 Å². The zero-order valence-corrected chi connectivity index (χ0v) is 9.13. The van der Waals surface area contributed by atoms with Crippen LogP contribution in [0.3, 0.4) is 0 Å². The van der Waals surface area contributed by atoms with Crippen LogP contribution in [0.1, 0.15) is 11.1 Å². The lowest BCUT2D eigenvalue weighted by molar-refractivity contribution is -0.354. The second-order valence-corrected chi connectivity index (χ2v) is 3.70. The number of benzene rings is 2. The summed E-state index contributed by atoms with van der Waals surface area (Å²) in [6, 6.07) is 17.0. The molecular formula is C14H13NO. The number of aryl methyl sites for hydroxylation is 1. The molecule has 0 aliphatic rings. The highest BCUT2D eigenvalue weighted by molar-refractivity contribution is 5.76. The van der Waals surface area contributed by atoms with Crippen molar-refractivity contribution in [3.05, 3.63) is 70.9 Å². The van der Waals surface area contributed by atoms with Gasteiger partial charge in [-0.3, -0.25) is 0 Å². The Labute approximate surface area is 95.1 Å². The van der Waals surface area contributed by atoms with Crippen molar-refractivity contribution in [1.82, 2.24) is 0 Å². The van der Waals surface area contributed by atoms with Crippen LogP contribution in [0.2, 0.25) is 0 Å². The van der Waals surface area contributed by atoms with Gasteiger partial charge in [0, 0.05) is 17.7 Å². The van der Waals surface area contributed by atoms with Crippen LogP contribution in [-0.4, -0.2) is 11.0 Å². The number of hydrogen-bond donors (Lipinski definition) is 0. The largest absolute Gasteiger partial charge is 0.618 e. The fourth-order valence-electron chi connectivity index (χ4n) is 1.54. The van der Waals surface area contributed by atoms with Gasteiger partial charge >= 0.3 is 0 Å². The Hall–Kier alpha value is -2.09. The molecule has 16 heavy (non-hydrogen) atoms. The number of nitrogens with zero attached hydrogens (tertiary/aromatic N) is 1. The highest BCUT2D eigenvalue weighted by Crippen LogP contribution is 2.09. The summed E-state index contributed by atoms with van der Waals surface area (Å²) in [5, 5.41) is 11.8. The maximum atomic E-state index is 11.8. The van der Waals surface area contributed by atoms with E-state index in [1.54, 1.807) is 18.3 Å². The van der Waals surface area contributed by atoms with Crippen LogP contribution in [0.5, 0.6) is 0 Å². The predicted molar refractivity (Wildman–Crippen MR) is 66.1 cm³/mol. The van der Waals surface area contributed by atoms with Gasteiger partial charge < -0.3 is 5.21 Å². The lowest BCUT2D eigenvalue weighted by Crippen LogP contribution is -1.98. The van der Waals surface area contributed by atoms with Gasteiger partial charge in [-0.2, -0.15) is 4.74 Å². The topological polar surface area (TPSA) is 26.1 Å². The van der Waals surface area contributed by atoms with Crippen LogP contribution in [-0.2, 0) is 0 Å². The van der Waals surface area contributed by atoms with E-state index >= 15 is 0 Å². The molecule has 0 N–H and O–H groups in total. The van der Waals surface area contributed by atoms with Gasteiger partial charge in [-0.1, -0.05) is 35.9 Å². The summed E-state index contributed by atoms with van der Waals surface area (Å²) in [5.41, 5.74) is 2.71. The Morgan fingerprint density at radius 3 is 2.44 bits per heavy atom. The molecule has 0 bridgehead atoms. The molecule has 0 spiro atoms. The van der Waals surface area contributed by atoms with Gasteiger partial charge in [-0.25, -0.2) is 0 Å². The molecule has 0 aliphatic carbocycles. The number of rotatable bonds is 2. The molecule has 0 amide bonds. The van der Waals surface area contributed by atoms with Gasteiger partial charge in [0.15, 0.2) is 6.21 Å².